The highest BCUT2D eigenvalue weighted by Crippen LogP contribution is 2.04. The molecule has 0 aromatic carbocycles. The van der Waals surface area contributed by atoms with E-state index in [4.69, 9.17) is 14.2 Å². The Balaban J connectivity index is 3.62. The average Bonchev–Trinajstić information content (AvgIpc) is 1.89. The van der Waals surface area contributed by atoms with Gasteiger partial charge < -0.3 is 14.2 Å². The summed E-state index contributed by atoms with van der Waals surface area (Å²) in [7, 11) is 6.41. The molecule has 0 N–H and O–H groups in total. The fourth-order valence-electron chi connectivity index (χ4n) is 0.421. The van der Waals surface area contributed by atoms with Crippen LogP contribution in [0.2, 0.25) is 0 Å². The Hall–Kier alpha value is 0.0969. The van der Waals surface area contributed by atoms with Crippen LogP contribution in [-0.4, -0.2) is 43.6 Å². The molecule has 0 unspecified atom stereocenters. The number of hydrogen-bond donors (Lipinski definition) is 0. The van der Waals surface area contributed by atoms with Crippen molar-refractivity contribution in [2.75, 3.05) is 27.9 Å². The Labute approximate surface area is 58.7 Å². The Morgan fingerprint density at radius 3 is 1.78 bits per heavy atom. The molecule has 9 heavy (non-hydrogen) atoms. The number of hydrogen-bond acceptors (Lipinski definition) is 3. The van der Waals surface area contributed by atoms with Crippen LogP contribution >= 0.6 is 0 Å². The second-order valence-corrected chi connectivity index (χ2v) is 2.83. The first-order valence-corrected chi connectivity index (χ1v) is 3.34. The predicted octanol–water partition coefficient (Wildman–Crippen LogP) is -0.788. The molecule has 0 saturated heterocycles. The van der Waals surface area contributed by atoms with Crippen molar-refractivity contribution in [3.8, 4) is 0 Å². The van der Waals surface area contributed by atoms with Gasteiger partial charge in [0, 0.05) is 21.3 Å². The summed E-state index contributed by atoms with van der Waals surface area (Å²) < 4.78 is 14.8. The molecule has 0 aliphatic carbocycles. The topological polar surface area (TPSA) is 27.7 Å². The summed E-state index contributed by atoms with van der Waals surface area (Å²) in [4.78, 5) is 0. The van der Waals surface area contributed by atoms with Crippen molar-refractivity contribution in [1.82, 2.24) is 0 Å². The van der Waals surface area contributed by atoms with Gasteiger partial charge in [0.05, 0.1) is 16.8 Å². The second-order valence-electron chi connectivity index (χ2n) is 1.75. The van der Waals surface area contributed by atoms with Crippen LogP contribution < -0.4 is 0 Å². The highest BCUT2D eigenvalue weighted by molar-refractivity contribution is 6.13. The summed E-state index contributed by atoms with van der Waals surface area (Å²) >= 11 is 0. The van der Waals surface area contributed by atoms with Crippen molar-refractivity contribution in [3.63, 3.8) is 0 Å². The second kappa shape index (κ2) is 4.00. The molecule has 0 rings (SSSR count). The third-order valence-corrected chi connectivity index (χ3v) is 1.89. The largest absolute Gasteiger partial charge is 0.380 e. The summed E-state index contributed by atoms with van der Waals surface area (Å²) in [5, 5.41) is 0. The van der Waals surface area contributed by atoms with E-state index in [-0.39, 0.29) is 0 Å². The highest BCUT2D eigenvalue weighted by Gasteiger charge is 2.21. The maximum Gasteiger partial charge on any atom is 0.164 e. The van der Waals surface area contributed by atoms with E-state index >= 15 is 0 Å². The monoisotopic (exact) mass is 149 g/mol. The van der Waals surface area contributed by atoms with Gasteiger partial charge in [0.2, 0.25) is 0 Å². The number of ether oxygens (including phenoxy) is 3. The maximum atomic E-state index is 4.99. The van der Waals surface area contributed by atoms with Crippen molar-refractivity contribution in [3.05, 3.63) is 0 Å². The maximum absolute atomic E-state index is 4.99. The van der Waals surface area contributed by atoms with Crippen molar-refractivity contribution in [1.29, 1.82) is 0 Å². The third-order valence-electron chi connectivity index (χ3n) is 1.11. The lowest BCUT2D eigenvalue weighted by atomic mass is 10.6. The molecule has 0 atom stereocenters. The van der Waals surface area contributed by atoms with Gasteiger partial charge in [0.25, 0.3) is 0 Å². The van der Waals surface area contributed by atoms with E-state index in [9.17, 15) is 0 Å². The van der Waals surface area contributed by atoms with Gasteiger partial charge in [0.1, 0.15) is 0 Å². The molecule has 55 valence electrons. The van der Waals surface area contributed by atoms with E-state index in [0.29, 0.717) is 6.61 Å². The summed E-state index contributed by atoms with van der Waals surface area (Å²) in [5.41, 5.74) is -0.561. The smallest absolute Gasteiger partial charge is 0.164 e. The van der Waals surface area contributed by atoms with Crippen LogP contribution in [0.4, 0.5) is 0 Å². The molecule has 0 heterocycles. The van der Waals surface area contributed by atoms with Gasteiger partial charge in [-0.1, -0.05) is 0 Å². The van der Waals surface area contributed by atoms with Crippen molar-refractivity contribution in [2.45, 2.75) is 5.41 Å². The van der Waals surface area contributed by atoms with E-state index in [1.54, 1.807) is 31.6 Å². The molecule has 0 bridgehead atoms. The molecule has 4 heteroatoms. The molecule has 0 aromatic rings. The van der Waals surface area contributed by atoms with Crippen LogP contribution in [0, 0.1) is 0 Å². The van der Waals surface area contributed by atoms with Crippen molar-refractivity contribution in [2.24, 2.45) is 0 Å². The van der Waals surface area contributed by atoms with Crippen LogP contribution in [0.3, 0.4) is 0 Å². The SMILES string of the molecule is COCC([SiH2])(OC)OC. The summed E-state index contributed by atoms with van der Waals surface area (Å²) in [6.45, 7) is 0.457. The highest BCUT2D eigenvalue weighted by atomic mass is 28.1. The third kappa shape index (κ3) is 2.95. The van der Waals surface area contributed by atoms with Crippen LogP contribution in [0.25, 0.3) is 0 Å². The normalized spacial score (nSPS) is 12.0. The van der Waals surface area contributed by atoms with E-state index in [1.807, 2.05) is 0 Å². The van der Waals surface area contributed by atoms with Crippen LogP contribution in [-0.2, 0) is 14.2 Å². The predicted molar refractivity (Wildman–Crippen MR) is 37.2 cm³/mol. The van der Waals surface area contributed by atoms with Crippen LogP contribution in [0.5, 0.6) is 0 Å². The summed E-state index contributed by atoms with van der Waals surface area (Å²) in [6.07, 6.45) is 0. The molecule has 0 spiro atoms. The molecule has 0 amide bonds. The minimum Gasteiger partial charge on any atom is -0.380 e. The summed E-state index contributed by atoms with van der Waals surface area (Å²) in [5.74, 6) is 0. The zero-order valence-corrected chi connectivity index (χ0v) is 7.55. The quantitative estimate of drug-likeness (QED) is 0.387. The van der Waals surface area contributed by atoms with E-state index in [1.165, 1.54) is 0 Å². The summed E-state index contributed by atoms with van der Waals surface area (Å²) in [6, 6.07) is 0. The Kier molecular flexibility index (Phi) is 4.04. The fraction of sp³-hybridized carbons (Fsp3) is 1.00. The van der Waals surface area contributed by atoms with Crippen molar-refractivity contribution < 1.29 is 14.2 Å². The van der Waals surface area contributed by atoms with Gasteiger partial charge in [-0.2, -0.15) is 0 Å². The number of methoxy groups -OCH3 is 3. The fourth-order valence-corrected chi connectivity index (χ4v) is 0.625. The van der Waals surface area contributed by atoms with E-state index < -0.39 is 5.41 Å². The molecule has 3 nitrogen and oxygen atoms in total. The zero-order valence-electron chi connectivity index (χ0n) is 6.14. The standard InChI is InChI=1S/C5H13O3Si/c1-6-4-5(9,7-2)8-3/h4,9H2,1-3H3. The average molecular weight is 149 g/mol. The van der Waals surface area contributed by atoms with E-state index in [0.717, 1.165) is 0 Å². The Morgan fingerprint density at radius 1 is 1.22 bits per heavy atom. The minimum absolute atomic E-state index is 0.457. The van der Waals surface area contributed by atoms with E-state index in [2.05, 4.69) is 0 Å². The lowest BCUT2D eigenvalue weighted by Crippen LogP contribution is -2.39. The first kappa shape index (κ1) is 9.10. The van der Waals surface area contributed by atoms with Gasteiger partial charge >= 0.3 is 0 Å². The van der Waals surface area contributed by atoms with Gasteiger partial charge in [0.15, 0.2) is 5.41 Å². The molecule has 0 fully saturated rings. The Morgan fingerprint density at radius 2 is 1.67 bits per heavy atom. The Bertz CT molecular complexity index is 72.6. The molecule has 0 aliphatic heterocycles. The van der Waals surface area contributed by atoms with Gasteiger partial charge in [-0.05, 0) is 0 Å². The molecular weight excluding hydrogens is 136 g/mol. The minimum atomic E-state index is -0.561. The first-order valence-electron chi connectivity index (χ1n) is 2.63. The first-order chi connectivity index (χ1) is 4.18. The molecular formula is C5H13O3Si. The lowest BCUT2D eigenvalue weighted by Gasteiger charge is -2.25. The lowest BCUT2D eigenvalue weighted by molar-refractivity contribution is -0.170. The van der Waals surface area contributed by atoms with Gasteiger partial charge in [-0.25, -0.2) is 0 Å². The molecule has 0 saturated carbocycles. The van der Waals surface area contributed by atoms with Crippen LogP contribution in [0.1, 0.15) is 0 Å². The molecule has 1 radical (unpaired) electrons. The van der Waals surface area contributed by atoms with Gasteiger partial charge in [-0.3, -0.25) is 0 Å². The van der Waals surface area contributed by atoms with Gasteiger partial charge in [-0.15, -0.1) is 0 Å². The van der Waals surface area contributed by atoms with Crippen molar-refractivity contribution >= 4 is 10.2 Å². The number of rotatable bonds is 4. The zero-order chi connectivity index (χ0) is 7.33. The molecule has 0 aliphatic rings. The molecule has 0 aromatic heterocycles. The van der Waals surface area contributed by atoms with Crippen LogP contribution in [0.15, 0.2) is 0 Å².